The summed E-state index contributed by atoms with van der Waals surface area (Å²) in [6.07, 6.45) is 1.74. The Bertz CT molecular complexity index is 585. The van der Waals surface area contributed by atoms with E-state index >= 15 is 0 Å². The minimum Gasteiger partial charge on any atom is -0.399 e. The average Bonchev–Trinajstić information content (AvgIpc) is 2.90. The highest BCUT2D eigenvalue weighted by Gasteiger charge is 2.52. The Labute approximate surface area is 132 Å². The van der Waals surface area contributed by atoms with Crippen molar-refractivity contribution in [2.75, 3.05) is 14.1 Å². The van der Waals surface area contributed by atoms with Gasteiger partial charge in [0.05, 0.1) is 11.2 Å². The highest BCUT2D eigenvalue weighted by Crippen LogP contribution is 2.39. The van der Waals surface area contributed by atoms with Crippen LogP contribution in [0.5, 0.6) is 0 Å². The second-order valence-corrected chi connectivity index (χ2v) is 7.64. The summed E-state index contributed by atoms with van der Waals surface area (Å²) in [5, 5.41) is 0. The van der Waals surface area contributed by atoms with Crippen molar-refractivity contribution in [2.45, 2.75) is 57.8 Å². The van der Waals surface area contributed by atoms with Crippen LogP contribution in [0.4, 0.5) is 4.39 Å². The Morgan fingerprint density at radius 1 is 1.14 bits per heavy atom. The fourth-order valence-electron chi connectivity index (χ4n) is 3.35. The second-order valence-electron chi connectivity index (χ2n) is 7.64. The molecule has 22 heavy (non-hydrogen) atoms. The molecule has 3 rings (SSSR count). The lowest BCUT2D eigenvalue weighted by Crippen LogP contribution is -2.41. The van der Waals surface area contributed by atoms with Crippen LogP contribution >= 0.6 is 0 Å². The molecule has 0 amide bonds. The van der Waals surface area contributed by atoms with Gasteiger partial charge in [-0.05, 0) is 65.8 Å². The Kier molecular flexibility index (Phi) is 3.67. The molecule has 120 valence electrons. The fraction of sp³-hybridized carbons (Fsp3) is 0.647. The van der Waals surface area contributed by atoms with Gasteiger partial charge in [0, 0.05) is 11.5 Å². The smallest absolute Gasteiger partial charge is 0.399 e. The summed E-state index contributed by atoms with van der Waals surface area (Å²) in [7, 11) is 3.45. The summed E-state index contributed by atoms with van der Waals surface area (Å²) in [5.74, 6) is -0.152. The van der Waals surface area contributed by atoms with Crippen molar-refractivity contribution >= 4 is 12.6 Å². The van der Waals surface area contributed by atoms with E-state index in [1.807, 2.05) is 53.9 Å². The van der Waals surface area contributed by atoms with Gasteiger partial charge >= 0.3 is 7.12 Å². The molecule has 1 unspecified atom stereocenters. The Hall–Kier alpha value is -0.905. The molecule has 5 heteroatoms. The van der Waals surface area contributed by atoms with Gasteiger partial charge in [-0.1, -0.05) is 12.1 Å². The highest BCUT2D eigenvalue weighted by molar-refractivity contribution is 6.62. The van der Waals surface area contributed by atoms with Crippen molar-refractivity contribution < 1.29 is 13.7 Å². The third-order valence-electron chi connectivity index (χ3n) is 5.47. The normalized spacial score (nSPS) is 25.8. The lowest BCUT2D eigenvalue weighted by atomic mass is 9.77. The summed E-state index contributed by atoms with van der Waals surface area (Å²) in [5.41, 5.74) is 1.55. The van der Waals surface area contributed by atoms with E-state index in [1.165, 1.54) is 0 Å². The van der Waals surface area contributed by atoms with E-state index in [-0.39, 0.29) is 5.82 Å². The maximum Gasteiger partial charge on any atom is 0.497 e. The summed E-state index contributed by atoms with van der Waals surface area (Å²) >= 11 is 0. The van der Waals surface area contributed by atoms with Crippen molar-refractivity contribution in [1.82, 2.24) is 4.90 Å². The number of rotatable bonds is 2. The molecule has 1 saturated heterocycles. The Morgan fingerprint density at radius 3 is 2.27 bits per heavy atom. The van der Waals surface area contributed by atoms with E-state index in [2.05, 4.69) is 4.90 Å². The monoisotopic (exact) mass is 305 g/mol. The highest BCUT2D eigenvalue weighted by atomic mass is 19.1. The molecule has 1 fully saturated rings. The molecule has 1 aliphatic carbocycles. The third-order valence-corrected chi connectivity index (χ3v) is 5.47. The van der Waals surface area contributed by atoms with Crippen LogP contribution in [-0.4, -0.2) is 37.3 Å². The van der Waals surface area contributed by atoms with E-state index in [0.29, 0.717) is 11.5 Å². The summed E-state index contributed by atoms with van der Waals surface area (Å²) < 4.78 is 27.0. The second kappa shape index (κ2) is 5.05. The number of fused-ring (bicyclic) bond motifs is 1. The molecule has 0 N–H and O–H groups in total. The standard InChI is InChI=1S/C17H25BFNO2/c1-16(2)17(3,4)22-18(21-16)13-9-7-11-12(15(13)19)8-10-14(11)20(5)6/h7,9,14H,8,10H2,1-6H3. The first-order chi connectivity index (χ1) is 10.1. The quantitative estimate of drug-likeness (QED) is 0.784. The van der Waals surface area contributed by atoms with Gasteiger partial charge in [0.15, 0.2) is 0 Å². The first-order valence-corrected chi connectivity index (χ1v) is 7.97. The molecule has 1 heterocycles. The van der Waals surface area contributed by atoms with Gasteiger partial charge in [0.1, 0.15) is 5.82 Å². The van der Waals surface area contributed by atoms with Crippen LogP contribution in [0.3, 0.4) is 0 Å². The molecule has 1 aliphatic heterocycles. The molecule has 3 nitrogen and oxygen atoms in total. The molecule has 1 atom stereocenters. The summed E-state index contributed by atoms with van der Waals surface area (Å²) in [6, 6.07) is 4.17. The third kappa shape index (κ3) is 2.30. The molecule has 0 bridgehead atoms. The van der Waals surface area contributed by atoms with Gasteiger partial charge in [-0.25, -0.2) is 4.39 Å². The molecule has 0 spiro atoms. The minimum atomic E-state index is -0.631. The maximum atomic E-state index is 15.0. The number of benzene rings is 1. The van der Waals surface area contributed by atoms with Crippen LogP contribution in [0.15, 0.2) is 12.1 Å². The zero-order valence-corrected chi connectivity index (χ0v) is 14.4. The average molecular weight is 305 g/mol. The van der Waals surface area contributed by atoms with Crippen molar-refractivity contribution in [3.63, 3.8) is 0 Å². The lowest BCUT2D eigenvalue weighted by molar-refractivity contribution is 0.00578. The SMILES string of the molecule is CN(C)C1CCc2c1ccc(B1OC(C)(C)C(C)(C)O1)c2F. The van der Waals surface area contributed by atoms with Crippen molar-refractivity contribution in [3.05, 3.63) is 29.1 Å². The van der Waals surface area contributed by atoms with Gasteiger partial charge in [-0.2, -0.15) is 0 Å². The number of halogens is 1. The molecule has 1 aromatic carbocycles. The number of nitrogens with zero attached hydrogens (tertiary/aromatic N) is 1. The molecule has 2 aliphatic rings. The van der Waals surface area contributed by atoms with E-state index in [1.54, 1.807) is 0 Å². The van der Waals surface area contributed by atoms with Crippen molar-refractivity contribution in [2.24, 2.45) is 0 Å². The largest absolute Gasteiger partial charge is 0.497 e. The van der Waals surface area contributed by atoms with Crippen LogP contribution in [-0.2, 0) is 15.7 Å². The van der Waals surface area contributed by atoms with Gasteiger partial charge in [0.2, 0.25) is 0 Å². The van der Waals surface area contributed by atoms with Gasteiger partial charge < -0.3 is 14.2 Å². The van der Waals surface area contributed by atoms with E-state index in [0.717, 1.165) is 24.0 Å². The van der Waals surface area contributed by atoms with Crippen molar-refractivity contribution in [3.8, 4) is 0 Å². The van der Waals surface area contributed by atoms with Gasteiger partial charge in [-0.3, -0.25) is 0 Å². The van der Waals surface area contributed by atoms with Gasteiger partial charge in [-0.15, -0.1) is 0 Å². The summed E-state index contributed by atoms with van der Waals surface area (Å²) in [4.78, 5) is 2.15. The van der Waals surface area contributed by atoms with Crippen LogP contribution < -0.4 is 5.46 Å². The first kappa shape index (κ1) is 16.0. The molecule has 0 aromatic heterocycles. The zero-order valence-electron chi connectivity index (χ0n) is 14.4. The van der Waals surface area contributed by atoms with Crippen LogP contribution in [0, 0.1) is 5.82 Å². The molecule has 0 radical (unpaired) electrons. The molecular formula is C17H25BFNO2. The van der Waals surface area contributed by atoms with Crippen LogP contribution in [0.25, 0.3) is 0 Å². The molecule has 1 aromatic rings. The Morgan fingerprint density at radius 2 is 1.73 bits per heavy atom. The molecule has 0 saturated carbocycles. The minimum absolute atomic E-state index is 0.152. The van der Waals surface area contributed by atoms with E-state index < -0.39 is 18.3 Å². The number of hydrogen-bond donors (Lipinski definition) is 0. The zero-order chi connectivity index (χ0) is 16.3. The Balaban J connectivity index is 1.95. The van der Waals surface area contributed by atoms with Crippen LogP contribution in [0.2, 0.25) is 0 Å². The fourth-order valence-corrected chi connectivity index (χ4v) is 3.35. The lowest BCUT2D eigenvalue weighted by Gasteiger charge is -2.32. The first-order valence-electron chi connectivity index (χ1n) is 7.97. The van der Waals surface area contributed by atoms with Crippen LogP contribution in [0.1, 0.15) is 51.3 Å². The van der Waals surface area contributed by atoms with Crippen molar-refractivity contribution in [1.29, 1.82) is 0 Å². The number of hydrogen-bond acceptors (Lipinski definition) is 3. The topological polar surface area (TPSA) is 21.7 Å². The van der Waals surface area contributed by atoms with E-state index in [9.17, 15) is 4.39 Å². The summed E-state index contributed by atoms with van der Waals surface area (Å²) in [6.45, 7) is 7.95. The predicted molar refractivity (Wildman–Crippen MR) is 86.9 cm³/mol. The van der Waals surface area contributed by atoms with E-state index in [4.69, 9.17) is 9.31 Å². The predicted octanol–water partition coefficient (Wildman–Crippen LogP) is 2.67. The van der Waals surface area contributed by atoms with Gasteiger partial charge in [0.25, 0.3) is 0 Å². The maximum absolute atomic E-state index is 15.0. The molecular weight excluding hydrogens is 280 g/mol.